The highest BCUT2D eigenvalue weighted by Gasteiger charge is 2.46. The Hall–Kier alpha value is -2.67. The third-order valence-electron chi connectivity index (χ3n) is 8.43. The fourth-order valence-electron chi connectivity index (χ4n) is 6.26. The van der Waals surface area contributed by atoms with Crippen molar-refractivity contribution < 1.29 is 19.1 Å². The van der Waals surface area contributed by atoms with E-state index in [2.05, 4.69) is 45.5 Å². The molecule has 2 N–H and O–H groups in total. The zero-order valence-electron chi connectivity index (χ0n) is 22.5. The van der Waals surface area contributed by atoms with Gasteiger partial charge < -0.3 is 29.9 Å². The molecule has 212 valence electrons. The molecule has 0 aromatic carbocycles. The van der Waals surface area contributed by atoms with Crippen LogP contribution < -0.4 is 10.6 Å². The van der Waals surface area contributed by atoms with Crippen LogP contribution in [0.25, 0.3) is 5.65 Å². The molecule has 2 aromatic heterocycles. The van der Waals surface area contributed by atoms with Crippen molar-refractivity contribution in [3.05, 3.63) is 11.8 Å². The van der Waals surface area contributed by atoms with Crippen LogP contribution in [0.15, 0.2) is 6.20 Å². The van der Waals surface area contributed by atoms with Gasteiger partial charge in [-0.2, -0.15) is 19.6 Å². The third-order valence-corrected chi connectivity index (χ3v) is 8.91. The van der Waals surface area contributed by atoms with Crippen LogP contribution in [0.5, 0.6) is 0 Å². The van der Waals surface area contributed by atoms with Gasteiger partial charge in [-0.1, -0.05) is 29.8 Å². The maximum Gasteiger partial charge on any atom is 0.410 e. The lowest BCUT2D eigenvalue weighted by Crippen LogP contribution is -2.58. The summed E-state index contributed by atoms with van der Waals surface area (Å²) in [5.41, 5.74) is 1.90. The number of ether oxygens (including phenoxy) is 2. The summed E-state index contributed by atoms with van der Waals surface area (Å²) in [5.74, 6) is 1.59. The molecule has 0 spiro atoms. The lowest BCUT2D eigenvalue weighted by Gasteiger charge is -2.42. The average Bonchev–Trinajstić information content (AvgIpc) is 3.45. The first-order valence-electron chi connectivity index (χ1n) is 14.1. The molecule has 4 aliphatic rings. The van der Waals surface area contributed by atoms with Crippen molar-refractivity contribution in [3.8, 4) is 0 Å². The number of amides is 2. The molecule has 4 saturated heterocycles. The highest BCUT2D eigenvalue weighted by Crippen LogP contribution is 2.38. The second-order valence-corrected chi connectivity index (χ2v) is 12.0. The van der Waals surface area contributed by atoms with E-state index < -0.39 is 0 Å². The van der Waals surface area contributed by atoms with Gasteiger partial charge in [0.1, 0.15) is 6.10 Å². The number of carbonyl (C=O) groups excluding carboxylic acids is 2. The monoisotopic (exact) mass is 604 g/mol. The van der Waals surface area contributed by atoms with Gasteiger partial charge in [-0.05, 0) is 44.4 Å². The molecule has 6 rings (SSSR count). The predicted molar refractivity (Wildman–Crippen MR) is 148 cm³/mol. The third kappa shape index (κ3) is 5.39. The molecule has 2 aromatic rings. The lowest BCUT2D eigenvalue weighted by atomic mass is 9.98. The number of likely N-dealkylation sites (tertiary alicyclic amines) is 1. The van der Waals surface area contributed by atoms with E-state index in [4.69, 9.17) is 19.4 Å². The van der Waals surface area contributed by atoms with E-state index in [1.807, 2.05) is 15.6 Å². The summed E-state index contributed by atoms with van der Waals surface area (Å²) in [4.78, 5) is 38.2. The molecule has 2 bridgehead atoms. The average molecular weight is 606 g/mol. The van der Waals surface area contributed by atoms with E-state index in [1.54, 1.807) is 4.90 Å². The van der Waals surface area contributed by atoms with Crippen molar-refractivity contribution >= 4 is 45.5 Å². The standard InChI is InChI=1S/C26H37BrN8O4/c1-15(2)21-12-28-35-23(21)31-24(29-16-5-7-38-8-6-16)32-25(35)30-17-9-18-3-4-19(10-17)34(18)26(37)39-20-13-33(14-20)22(36)11-27/h12,15-20H,3-11,13-14H2,1-2H3,(H2,29,30,31,32). The van der Waals surface area contributed by atoms with Gasteiger partial charge in [0, 0.05) is 42.9 Å². The Morgan fingerprint density at radius 1 is 1.08 bits per heavy atom. The fraction of sp³-hybridized carbons (Fsp3) is 0.731. The van der Waals surface area contributed by atoms with E-state index in [0.29, 0.717) is 30.3 Å². The first-order chi connectivity index (χ1) is 18.9. The molecule has 2 amide bonds. The minimum atomic E-state index is -0.252. The van der Waals surface area contributed by atoms with Crippen LogP contribution in [0.4, 0.5) is 16.7 Å². The van der Waals surface area contributed by atoms with Crippen LogP contribution in [0.1, 0.15) is 63.9 Å². The second-order valence-electron chi connectivity index (χ2n) is 11.4. The minimum Gasteiger partial charge on any atom is -0.442 e. The van der Waals surface area contributed by atoms with E-state index >= 15 is 0 Å². The van der Waals surface area contributed by atoms with Crippen LogP contribution in [-0.2, 0) is 14.3 Å². The van der Waals surface area contributed by atoms with E-state index in [0.717, 1.165) is 62.9 Å². The number of halogens is 1. The van der Waals surface area contributed by atoms with Crippen LogP contribution in [0, 0.1) is 0 Å². The van der Waals surface area contributed by atoms with E-state index in [9.17, 15) is 9.59 Å². The number of aromatic nitrogens is 4. The first-order valence-corrected chi connectivity index (χ1v) is 15.2. The van der Waals surface area contributed by atoms with Gasteiger partial charge in [0.05, 0.1) is 24.6 Å². The van der Waals surface area contributed by atoms with Crippen molar-refractivity contribution in [2.24, 2.45) is 0 Å². The SMILES string of the molecule is CC(C)c1cnn2c(NC3CC4CCC(C3)N4C(=O)OC3CN(C(=O)CBr)C3)nc(NC3CCOCC3)nc12. The van der Waals surface area contributed by atoms with Crippen LogP contribution in [0.3, 0.4) is 0 Å². The molecule has 4 aliphatic heterocycles. The first kappa shape index (κ1) is 26.5. The summed E-state index contributed by atoms with van der Waals surface area (Å²) in [5, 5.41) is 12.1. The highest BCUT2D eigenvalue weighted by atomic mass is 79.9. The van der Waals surface area contributed by atoms with Gasteiger partial charge in [-0.25, -0.2) is 4.79 Å². The number of fused-ring (bicyclic) bond motifs is 3. The largest absolute Gasteiger partial charge is 0.442 e. The van der Waals surface area contributed by atoms with Crippen LogP contribution in [0.2, 0.25) is 0 Å². The quantitative estimate of drug-likeness (QED) is 0.458. The number of carbonyl (C=O) groups is 2. The van der Waals surface area contributed by atoms with Gasteiger partial charge in [0.25, 0.3) is 0 Å². The number of piperidine rings is 1. The fourth-order valence-corrected chi connectivity index (χ4v) is 6.62. The van der Waals surface area contributed by atoms with Crippen molar-refractivity contribution in [1.29, 1.82) is 0 Å². The molecular formula is C26H37BrN8O4. The molecule has 13 heteroatoms. The van der Waals surface area contributed by atoms with Gasteiger partial charge in [-0.15, -0.1) is 0 Å². The van der Waals surface area contributed by atoms with Gasteiger partial charge in [-0.3, -0.25) is 4.79 Å². The Morgan fingerprint density at radius 3 is 2.46 bits per heavy atom. The van der Waals surface area contributed by atoms with Gasteiger partial charge >= 0.3 is 6.09 Å². The highest BCUT2D eigenvalue weighted by molar-refractivity contribution is 9.09. The van der Waals surface area contributed by atoms with Gasteiger partial charge in [0.15, 0.2) is 5.65 Å². The Bertz CT molecular complexity index is 1200. The Morgan fingerprint density at radius 2 is 1.79 bits per heavy atom. The Balaban J connectivity index is 1.14. The van der Waals surface area contributed by atoms with E-state index in [-0.39, 0.29) is 48.2 Å². The molecule has 0 radical (unpaired) electrons. The zero-order valence-corrected chi connectivity index (χ0v) is 24.1. The summed E-state index contributed by atoms with van der Waals surface area (Å²) in [6.45, 7) is 6.72. The second kappa shape index (κ2) is 11.1. The molecule has 4 fully saturated rings. The predicted octanol–water partition coefficient (Wildman–Crippen LogP) is 2.99. The molecule has 0 aliphatic carbocycles. The smallest absolute Gasteiger partial charge is 0.410 e. The lowest BCUT2D eigenvalue weighted by molar-refractivity contribution is -0.139. The number of rotatable bonds is 7. The van der Waals surface area contributed by atoms with Crippen molar-refractivity contribution in [2.75, 3.05) is 42.3 Å². The van der Waals surface area contributed by atoms with E-state index in [1.165, 1.54) is 0 Å². The maximum atomic E-state index is 13.1. The zero-order chi connectivity index (χ0) is 27.1. The van der Waals surface area contributed by atoms with Crippen molar-refractivity contribution in [2.45, 2.75) is 88.6 Å². The molecular weight excluding hydrogens is 568 g/mol. The molecule has 39 heavy (non-hydrogen) atoms. The molecule has 0 saturated carbocycles. The van der Waals surface area contributed by atoms with Crippen LogP contribution in [-0.4, -0.2) is 103 Å². The number of anilines is 2. The summed E-state index contributed by atoms with van der Waals surface area (Å²) >= 11 is 3.19. The molecule has 12 nitrogen and oxygen atoms in total. The Labute approximate surface area is 236 Å². The number of hydrogen-bond acceptors (Lipinski definition) is 9. The summed E-state index contributed by atoms with van der Waals surface area (Å²) in [7, 11) is 0. The Kier molecular flexibility index (Phi) is 7.54. The summed E-state index contributed by atoms with van der Waals surface area (Å²) < 4.78 is 13.1. The number of nitrogens with zero attached hydrogens (tertiary/aromatic N) is 6. The number of alkyl halides is 1. The molecule has 2 unspecified atom stereocenters. The van der Waals surface area contributed by atoms with Crippen molar-refractivity contribution in [3.63, 3.8) is 0 Å². The topological polar surface area (TPSA) is 126 Å². The molecule has 6 heterocycles. The van der Waals surface area contributed by atoms with Gasteiger partial charge in [0.2, 0.25) is 17.8 Å². The number of nitrogens with one attached hydrogen (secondary N) is 2. The normalized spacial score (nSPS) is 25.7. The maximum absolute atomic E-state index is 13.1. The minimum absolute atomic E-state index is 0.0249. The van der Waals surface area contributed by atoms with Crippen molar-refractivity contribution in [1.82, 2.24) is 29.4 Å². The summed E-state index contributed by atoms with van der Waals surface area (Å²) in [6, 6.07) is 0.679. The molecule has 2 atom stereocenters. The summed E-state index contributed by atoms with van der Waals surface area (Å²) in [6.07, 6.45) is 6.83. The van der Waals surface area contributed by atoms with Crippen LogP contribution >= 0.6 is 15.9 Å². The number of hydrogen-bond donors (Lipinski definition) is 2.